The van der Waals surface area contributed by atoms with E-state index in [1.54, 1.807) is 0 Å². The third kappa shape index (κ3) is 2.75. The number of hydrogen-bond donors (Lipinski definition) is 0. The molecule has 0 fully saturated rings. The van der Waals surface area contributed by atoms with E-state index < -0.39 is 0 Å². The first-order valence-electron chi connectivity index (χ1n) is 6.40. The summed E-state index contributed by atoms with van der Waals surface area (Å²) in [5.74, 6) is 1.02. The van der Waals surface area contributed by atoms with E-state index in [1.807, 2.05) is 18.2 Å². The lowest BCUT2D eigenvalue weighted by molar-refractivity contribution is 0.760. The van der Waals surface area contributed by atoms with Gasteiger partial charge in [0.15, 0.2) is 0 Å². The summed E-state index contributed by atoms with van der Waals surface area (Å²) in [7, 11) is 2.09. The predicted molar refractivity (Wildman–Crippen MR) is 79.7 cm³/mol. The molecule has 0 saturated carbocycles. The molecule has 2 nitrogen and oxygen atoms in total. The van der Waals surface area contributed by atoms with Gasteiger partial charge in [-0.05, 0) is 37.1 Å². The normalized spacial score (nSPS) is 10.9. The van der Waals surface area contributed by atoms with Gasteiger partial charge in [0.2, 0.25) is 0 Å². The van der Waals surface area contributed by atoms with Crippen molar-refractivity contribution >= 4 is 28.3 Å². The molecule has 0 spiro atoms. The summed E-state index contributed by atoms with van der Waals surface area (Å²) >= 11 is 6.03. The van der Waals surface area contributed by atoms with Crippen molar-refractivity contribution in [2.24, 2.45) is 0 Å². The number of nitrogens with zero attached hydrogens (tertiary/aromatic N) is 2. The Balaban J connectivity index is 2.41. The summed E-state index contributed by atoms with van der Waals surface area (Å²) in [6.07, 6.45) is 2.38. The number of aromatic nitrogens is 1. The summed E-state index contributed by atoms with van der Waals surface area (Å²) < 4.78 is 0. The van der Waals surface area contributed by atoms with Crippen LogP contribution in [0.15, 0.2) is 24.3 Å². The number of halogens is 1. The van der Waals surface area contributed by atoms with Crippen LogP contribution < -0.4 is 4.90 Å². The molecule has 0 aliphatic heterocycles. The van der Waals surface area contributed by atoms with E-state index in [9.17, 15) is 0 Å². The molecule has 2 rings (SSSR count). The molecular weight excluding hydrogens is 244 g/mol. The maximum atomic E-state index is 6.03. The largest absolute Gasteiger partial charge is 0.360 e. The van der Waals surface area contributed by atoms with Crippen LogP contribution in [-0.4, -0.2) is 18.6 Å². The van der Waals surface area contributed by atoms with Gasteiger partial charge in [-0.1, -0.05) is 31.0 Å². The molecule has 1 aromatic heterocycles. The smallest absolute Gasteiger partial charge is 0.129 e. The van der Waals surface area contributed by atoms with Crippen LogP contribution in [0.1, 0.15) is 25.3 Å². The lowest BCUT2D eigenvalue weighted by Crippen LogP contribution is -2.19. The van der Waals surface area contributed by atoms with Crippen LogP contribution >= 0.6 is 11.6 Å². The number of rotatable bonds is 4. The average molecular weight is 263 g/mol. The number of pyridine rings is 1. The highest BCUT2D eigenvalue weighted by Crippen LogP contribution is 2.24. The van der Waals surface area contributed by atoms with E-state index in [0.717, 1.165) is 22.9 Å². The number of benzene rings is 1. The second-order valence-electron chi connectivity index (χ2n) is 4.73. The molecule has 0 aliphatic rings. The Kier molecular flexibility index (Phi) is 4.07. The zero-order valence-corrected chi connectivity index (χ0v) is 12.0. The Morgan fingerprint density at radius 3 is 2.78 bits per heavy atom. The molecular formula is C15H19ClN2. The van der Waals surface area contributed by atoms with Gasteiger partial charge < -0.3 is 4.90 Å². The topological polar surface area (TPSA) is 16.1 Å². The zero-order valence-electron chi connectivity index (χ0n) is 11.2. The van der Waals surface area contributed by atoms with Crippen LogP contribution in [0, 0.1) is 6.92 Å². The summed E-state index contributed by atoms with van der Waals surface area (Å²) in [5, 5.41) is 1.91. The van der Waals surface area contributed by atoms with Crippen molar-refractivity contribution < 1.29 is 0 Å². The first-order valence-corrected chi connectivity index (χ1v) is 6.77. The van der Waals surface area contributed by atoms with Gasteiger partial charge >= 0.3 is 0 Å². The Bertz CT molecular complexity index is 551. The van der Waals surface area contributed by atoms with Gasteiger partial charge in [-0.2, -0.15) is 0 Å². The molecule has 0 amide bonds. The van der Waals surface area contributed by atoms with E-state index in [-0.39, 0.29) is 0 Å². The fourth-order valence-corrected chi connectivity index (χ4v) is 2.23. The first-order chi connectivity index (χ1) is 8.61. The first kappa shape index (κ1) is 13.2. The van der Waals surface area contributed by atoms with Gasteiger partial charge in [0.1, 0.15) is 5.82 Å². The van der Waals surface area contributed by atoms with Crippen LogP contribution in [0.2, 0.25) is 5.02 Å². The van der Waals surface area contributed by atoms with Gasteiger partial charge in [0.05, 0.1) is 5.52 Å². The van der Waals surface area contributed by atoms with Crippen molar-refractivity contribution in [1.29, 1.82) is 0 Å². The zero-order chi connectivity index (χ0) is 13.1. The average Bonchev–Trinajstić information content (AvgIpc) is 2.35. The van der Waals surface area contributed by atoms with Crippen molar-refractivity contribution in [1.82, 2.24) is 4.98 Å². The number of anilines is 1. The Morgan fingerprint density at radius 2 is 2.06 bits per heavy atom. The van der Waals surface area contributed by atoms with Crippen LogP contribution in [0.3, 0.4) is 0 Å². The SMILES string of the molecule is CCCCN(C)c1cc(C)c2ccc(Cl)cc2n1. The van der Waals surface area contributed by atoms with Gasteiger partial charge in [0, 0.05) is 24.0 Å². The molecule has 3 heteroatoms. The van der Waals surface area contributed by atoms with Crippen molar-refractivity contribution in [2.45, 2.75) is 26.7 Å². The number of hydrogen-bond acceptors (Lipinski definition) is 2. The van der Waals surface area contributed by atoms with Crippen LogP contribution in [0.4, 0.5) is 5.82 Å². The third-order valence-corrected chi connectivity index (χ3v) is 3.44. The third-order valence-electron chi connectivity index (χ3n) is 3.20. The fourth-order valence-electron chi connectivity index (χ4n) is 2.06. The van der Waals surface area contributed by atoms with Gasteiger partial charge in [-0.25, -0.2) is 4.98 Å². The molecule has 18 heavy (non-hydrogen) atoms. The maximum absolute atomic E-state index is 6.03. The molecule has 0 saturated heterocycles. The molecule has 0 radical (unpaired) electrons. The summed E-state index contributed by atoms with van der Waals surface area (Å²) in [5.41, 5.74) is 2.22. The molecule has 1 aromatic carbocycles. The standard InChI is InChI=1S/C15H19ClN2/c1-4-5-8-18(3)15-9-11(2)13-7-6-12(16)10-14(13)17-15/h6-7,9-10H,4-5,8H2,1-3H3. The van der Waals surface area contributed by atoms with Crippen molar-refractivity contribution in [2.75, 3.05) is 18.5 Å². The van der Waals surface area contributed by atoms with Crippen molar-refractivity contribution in [3.05, 3.63) is 34.9 Å². The van der Waals surface area contributed by atoms with Crippen LogP contribution in [0.25, 0.3) is 10.9 Å². The molecule has 1 heterocycles. The minimum atomic E-state index is 0.739. The lowest BCUT2D eigenvalue weighted by Gasteiger charge is -2.19. The quantitative estimate of drug-likeness (QED) is 0.810. The van der Waals surface area contributed by atoms with E-state index in [0.29, 0.717) is 0 Å². The van der Waals surface area contributed by atoms with E-state index in [1.165, 1.54) is 23.8 Å². The highest BCUT2D eigenvalue weighted by Gasteiger charge is 2.06. The number of fused-ring (bicyclic) bond motifs is 1. The van der Waals surface area contributed by atoms with Gasteiger partial charge in [-0.15, -0.1) is 0 Å². The monoisotopic (exact) mass is 262 g/mol. The summed E-state index contributed by atoms with van der Waals surface area (Å²) in [4.78, 5) is 6.90. The highest BCUT2D eigenvalue weighted by atomic mass is 35.5. The summed E-state index contributed by atoms with van der Waals surface area (Å²) in [6.45, 7) is 5.36. The van der Waals surface area contributed by atoms with Crippen molar-refractivity contribution in [3.8, 4) is 0 Å². The van der Waals surface area contributed by atoms with E-state index in [4.69, 9.17) is 16.6 Å². The predicted octanol–water partition coefficient (Wildman–Crippen LogP) is 4.43. The fraction of sp³-hybridized carbons (Fsp3) is 0.400. The van der Waals surface area contributed by atoms with E-state index >= 15 is 0 Å². The summed E-state index contributed by atoms with van der Waals surface area (Å²) in [6, 6.07) is 8.03. The second-order valence-corrected chi connectivity index (χ2v) is 5.17. The van der Waals surface area contributed by atoms with Crippen LogP contribution in [-0.2, 0) is 0 Å². The number of unbranched alkanes of at least 4 members (excludes halogenated alkanes) is 1. The molecule has 0 unspecified atom stereocenters. The minimum Gasteiger partial charge on any atom is -0.360 e. The van der Waals surface area contributed by atoms with Crippen molar-refractivity contribution in [3.63, 3.8) is 0 Å². The number of aryl methyl sites for hydroxylation is 1. The maximum Gasteiger partial charge on any atom is 0.129 e. The highest BCUT2D eigenvalue weighted by molar-refractivity contribution is 6.31. The Labute approximate surface area is 114 Å². The molecule has 96 valence electrons. The molecule has 0 atom stereocenters. The molecule has 0 bridgehead atoms. The Morgan fingerprint density at radius 1 is 1.28 bits per heavy atom. The molecule has 0 N–H and O–H groups in total. The lowest BCUT2D eigenvalue weighted by atomic mass is 10.1. The van der Waals surface area contributed by atoms with E-state index in [2.05, 4.69) is 31.9 Å². The Hall–Kier alpha value is -1.28. The van der Waals surface area contributed by atoms with Gasteiger partial charge in [-0.3, -0.25) is 0 Å². The van der Waals surface area contributed by atoms with Gasteiger partial charge in [0.25, 0.3) is 0 Å². The van der Waals surface area contributed by atoms with Crippen LogP contribution in [0.5, 0.6) is 0 Å². The molecule has 2 aromatic rings. The molecule has 0 aliphatic carbocycles. The minimum absolute atomic E-state index is 0.739. The second kappa shape index (κ2) is 5.57.